The molecule has 1 saturated heterocycles. The number of rotatable bonds is 7. The second-order valence-corrected chi connectivity index (χ2v) is 6.31. The zero-order valence-electron chi connectivity index (χ0n) is 16.2. The zero-order valence-corrected chi connectivity index (χ0v) is 16.2. The third-order valence-electron chi connectivity index (χ3n) is 4.34. The summed E-state index contributed by atoms with van der Waals surface area (Å²) >= 11 is 0. The summed E-state index contributed by atoms with van der Waals surface area (Å²) in [4.78, 5) is 18.4. The smallest absolute Gasteiger partial charge is 0.305 e. The largest absolute Gasteiger partial charge is 0.466 e. The summed E-state index contributed by atoms with van der Waals surface area (Å²) in [5.74, 6) is 0.733. The van der Waals surface area contributed by atoms with Crippen molar-refractivity contribution in [3.8, 4) is 0 Å². The molecule has 6 heteroatoms. The van der Waals surface area contributed by atoms with Gasteiger partial charge < -0.3 is 19.7 Å². The van der Waals surface area contributed by atoms with Crippen molar-refractivity contribution in [1.82, 2.24) is 10.2 Å². The van der Waals surface area contributed by atoms with Crippen molar-refractivity contribution < 1.29 is 14.3 Å². The van der Waals surface area contributed by atoms with E-state index in [9.17, 15) is 4.79 Å². The molecule has 1 fully saturated rings. The molecule has 6 nitrogen and oxygen atoms in total. The molecule has 0 aromatic heterocycles. The van der Waals surface area contributed by atoms with Crippen LogP contribution in [-0.4, -0.2) is 56.2 Å². The van der Waals surface area contributed by atoms with E-state index in [4.69, 9.17) is 9.47 Å². The number of carbonyl (C=O) groups excluding carboxylic acids is 1. The summed E-state index contributed by atoms with van der Waals surface area (Å²) in [7, 11) is 0. The van der Waals surface area contributed by atoms with Crippen LogP contribution in [0.5, 0.6) is 0 Å². The molecule has 1 heterocycles. The van der Waals surface area contributed by atoms with Crippen molar-refractivity contribution in [3.63, 3.8) is 0 Å². The maximum absolute atomic E-state index is 11.4. The van der Waals surface area contributed by atoms with Crippen LogP contribution in [0, 0.1) is 6.92 Å². The van der Waals surface area contributed by atoms with Gasteiger partial charge in [0.05, 0.1) is 19.8 Å². The first-order valence-corrected chi connectivity index (χ1v) is 9.51. The van der Waals surface area contributed by atoms with Gasteiger partial charge in [-0.1, -0.05) is 24.3 Å². The second kappa shape index (κ2) is 10.8. The summed E-state index contributed by atoms with van der Waals surface area (Å²) in [5.41, 5.74) is 2.48. The van der Waals surface area contributed by atoms with E-state index >= 15 is 0 Å². The van der Waals surface area contributed by atoms with Gasteiger partial charge in [0, 0.05) is 26.1 Å². The minimum atomic E-state index is -0.154. The summed E-state index contributed by atoms with van der Waals surface area (Å²) in [6, 6.07) is 8.35. The Morgan fingerprint density at radius 3 is 2.92 bits per heavy atom. The quantitative estimate of drug-likeness (QED) is 0.350. The molecule has 1 aromatic carbocycles. The highest BCUT2D eigenvalue weighted by Gasteiger charge is 2.25. The maximum atomic E-state index is 11.4. The number of aliphatic imine (C=N–C) groups is 1. The number of aryl methyl sites for hydroxylation is 1. The van der Waals surface area contributed by atoms with Crippen LogP contribution in [0.3, 0.4) is 0 Å². The van der Waals surface area contributed by atoms with E-state index in [1.807, 2.05) is 6.92 Å². The molecule has 144 valence electrons. The van der Waals surface area contributed by atoms with Crippen molar-refractivity contribution in [1.29, 1.82) is 0 Å². The van der Waals surface area contributed by atoms with Crippen molar-refractivity contribution in [3.05, 3.63) is 35.4 Å². The molecule has 0 aliphatic carbocycles. The van der Waals surface area contributed by atoms with E-state index in [0.29, 0.717) is 32.6 Å². The normalized spacial score (nSPS) is 17.9. The van der Waals surface area contributed by atoms with E-state index in [2.05, 4.69) is 53.3 Å². The van der Waals surface area contributed by atoms with Crippen LogP contribution < -0.4 is 5.32 Å². The van der Waals surface area contributed by atoms with E-state index in [-0.39, 0.29) is 12.1 Å². The number of benzene rings is 1. The van der Waals surface area contributed by atoms with Crippen molar-refractivity contribution in [2.75, 3.05) is 39.4 Å². The summed E-state index contributed by atoms with van der Waals surface area (Å²) in [6.45, 7) is 10.1. The topological polar surface area (TPSA) is 63.2 Å². The number of ether oxygens (including phenoxy) is 2. The Kier molecular flexibility index (Phi) is 8.41. The first-order chi connectivity index (χ1) is 12.7. The minimum absolute atomic E-state index is 0.0494. The first kappa shape index (κ1) is 20.2. The molecular formula is C20H31N3O3. The molecular weight excluding hydrogens is 330 g/mol. The van der Waals surface area contributed by atoms with E-state index in [0.717, 1.165) is 25.6 Å². The fourth-order valence-corrected chi connectivity index (χ4v) is 3.05. The molecule has 1 unspecified atom stereocenters. The Morgan fingerprint density at radius 2 is 2.19 bits per heavy atom. The molecule has 1 N–H and O–H groups in total. The molecule has 0 radical (unpaired) electrons. The molecule has 1 aliphatic rings. The number of morpholine rings is 1. The Hall–Kier alpha value is -2.08. The van der Waals surface area contributed by atoms with Crippen molar-refractivity contribution in [2.45, 2.75) is 39.7 Å². The molecule has 0 bridgehead atoms. The molecule has 0 spiro atoms. The van der Waals surface area contributed by atoms with Gasteiger partial charge in [0.25, 0.3) is 0 Å². The third kappa shape index (κ3) is 6.02. The van der Waals surface area contributed by atoms with Gasteiger partial charge in [-0.2, -0.15) is 0 Å². The fraction of sp³-hybridized carbons (Fsp3) is 0.600. The molecule has 26 heavy (non-hydrogen) atoms. The highest BCUT2D eigenvalue weighted by atomic mass is 16.5. The van der Waals surface area contributed by atoms with Crippen LogP contribution in [0.4, 0.5) is 0 Å². The van der Waals surface area contributed by atoms with Gasteiger partial charge in [-0.25, -0.2) is 0 Å². The molecule has 1 aliphatic heterocycles. The van der Waals surface area contributed by atoms with Crippen LogP contribution in [0.2, 0.25) is 0 Å². The number of nitrogens with one attached hydrogen (secondary N) is 1. The lowest BCUT2D eigenvalue weighted by Gasteiger charge is -2.35. The summed E-state index contributed by atoms with van der Waals surface area (Å²) in [5, 5.41) is 3.36. The molecule has 0 amide bonds. The maximum Gasteiger partial charge on any atom is 0.305 e. The van der Waals surface area contributed by atoms with Gasteiger partial charge in [0.15, 0.2) is 5.96 Å². The van der Waals surface area contributed by atoms with Crippen molar-refractivity contribution in [2.24, 2.45) is 4.99 Å². The third-order valence-corrected chi connectivity index (χ3v) is 4.34. The number of hydrogen-bond acceptors (Lipinski definition) is 4. The van der Waals surface area contributed by atoms with Gasteiger partial charge in [-0.05, 0) is 38.3 Å². The highest BCUT2D eigenvalue weighted by Crippen LogP contribution is 2.24. The van der Waals surface area contributed by atoms with E-state index in [1.54, 1.807) is 0 Å². The number of hydrogen-bond donors (Lipinski definition) is 1. The Balaban J connectivity index is 1.96. The lowest BCUT2D eigenvalue weighted by atomic mass is 10.0. The van der Waals surface area contributed by atoms with E-state index < -0.39 is 0 Å². The molecule has 0 saturated carbocycles. The SMILES string of the molecule is CCNC(=NCCCC(=O)OCC)N1CCOC(c2ccccc2C)C1. The molecule has 2 rings (SSSR count). The van der Waals surface area contributed by atoms with Crippen LogP contribution in [0.15, 0.2) is 29.3 Å². The van der Waals surface area contributed by atoms with Crippen LogP contribution >= 0.6 is 0 Å². The lowest BCUT2D eigenvalue weighted by molar-refractivity contribution is -0.143. The number of carbonyl (C=O) groups is 1. The van der Waals surface area contributed by atoms with Gasteiger partial charge in [0.1, 0.15) is 6.10 Å². The van der Waals surface area contributed by atoms with Gasteiger partial charge in [-0.3, -0.25) is 9.79 Å². The van der Waals surface area contributed by atoms with Crippen LogP contribution in [0.25, 0.3) is 0 Å². The highest BCUT2D eigenvalue weighted by molar-refractivity contribution is 5.80. The zero-order chi connectivity index (χ0) is 18.8. The average Bonchev–Trinajstić information content (AvgIpc) is 2.65. The summed E-state index contributed by atoms with van der Waals surface area (Å²) < 4.78 is 11.0. The summed E-state index contributed by atoms with van der Waals surface area (Å²) in [6.07, 6.45) is 1.15. The van der Waals surface area contributed by atoms with Crippen molar-refractivity contribution >= 4 is 11.9 Å². The average molecular weight is 361 g/mol. The molecule has 1 atom stereocenters. The standard InChI is InChI=1S/C20H31N3O3/c1-4-21-20(22-12-8-11-19(24)25-5-2)23-13-14-26-18(15-23)17-10-7-6-9-16(17)3/h6-7,9-10,18H,4-5,8,11-15H2,1-3H3,(H,21,22). The Bertz CT molecular complexity index is 604. The Morgan fingerprint density at radius 1 is 1.38 bits per heavy atom. The second-order valence-electron chi connectivity index (χ2n) is 6.31. The Labute approximate surface area is 156 Å². The minimum Gasteiger partial charge on any atom is -0.466 e. The van der Waals surface area contributed by atoms with Gasteiger partial charge in [0.2, 0.25) is 0 Å². The number of guanidine groups is 1. The number of esters is 1. The van der Waals surface area contributed by atoms with Gasteiger partial charge >= 0.3 is 5.97 Å². The van der Waals surface area contributed by atoms with Gasteiger partial charge in [-0.15, -0.1) is 0 Å². The van der Waals surface area contributed by atoms with Crippen LogP contribution in [-0.2, 0) is 14.3 Å². The van der Waals surface area contributed by atoms with E-state index in [1.165, 1.54) is 11.1 Å². The molecule has 1 aromatic rings. The first-order valence-electron chi connectivity index (χ1n) is 9.51. The predicted octanol–water partition coefficient (Wildman–Crippen LogP) is 2.68. The fourth-order valence-electron chi connectivity index (χ4n) is 3.05. The van der Waals surface area contributed by atoms with Crippen LogP contribution in [0.1, 0.15) is 43.9 Å². The number of nitrogens with zero attached hydrogens (tertiary/aromatic N) is 2. The predicted molar refractivity (Wildman–Crippen MR) is 103 cm³/mol. The lowest BCUT2D eigenvalue weighted by Crippen LogP contribution is -2.48. The monoisotopic (exact) mass is 361 g/mol.